The van der Waals surface area contributed by atoms with Crippen LogP contribution in [0.3, 0.4) is 0 Å². The lowest BCUT2D eigenvalue weighted by atomic mass is 10.1. The Balaban J connectivity index is 1.47. The van der Waals surface area contributed by atoms with Crippen molar-refractivity contribution in [3.05, 3.63) is 84.4 Å². The van der Waals surface area contributed by atoms with Crippen molar-refractivity contribution in [3.63, 3.8) is 0 Å². The first-order valence-electron chi connectivity index (χ1n) is 8.57. The molecular formula is C21H18N4O2. The third-order valence-corrected chi connectivity index (χ3v) is 4.12. The molecule has 4 rings (SSSR count). The summed E-state index contributed by atoms with van der Waals surface area (Å²) < 4.78 is 7.10. The van der Waals surface area contributed by atoms with E-state index in [9.17, 15) is 4.79 Å². The largest absolute Gasteiger partial charge is 0.444 e. The van der Waals surface area contributed by atoms with E-state index in [2.05, 4.69) is 15.3 Å². The van der Waals surface area contributed by atoms with Crippen molar-refractivity contribution in [1.82, 2.24) is 14.4 Å². The number of pyridine rings is 2. The number of nitrogens with one attached hydrogen (secondary N) is 1. The summed E-state index contributed by atoms with van der Waals surface area (Å²) in [6.07, 6.45) is 4.99. The molecule has 6 heteroatoms. The zero-order valence-electron chi connectivity index (χ0n) is 14.8. The zero-order chi connectivity index (χ0) is 18.6. The van der Waals surface area contributed by atoms with Gasteiger partial charge in [0.1, 0.15) is 12.3 Å². The molecule has 0 unspecified atom stereocenters. The van der Waals surface area contributed by atoms with Gasteiger partial charge < -0.3 is 9.14 Å². The van der Waals surface area contributed by atoms with Gasteiger partial charge in [-0.15, -0.1) is 0 Å². The average molecular weight is 358 g/mol. The van der Waals surface area contributed by atoms with Gasteiger partial charge in [-0.05, 0) is 47.9 Å². The van der Waals surface area contributed by atoms with E-state index >= 15 is 0 Å². The SMILES string of the molecule is Cc1cc(-c2ccc3nc(NC(=O)OCc4ccccc4)cn3c2)ccn1. The topological polar surface area (TPSA) is 68.5 Å². The number of imidazole rings is 1. The number of carbonyl (C=O) groups excluding carboxylic acids is 1. The van der Waals surface area contributed by atoms with Crippen LogP contribution in [-0.2, 0) is 11.3 Å². The molecule has 0 spiro atoms. The average Bonchev–Trinajstić information content (AvgIpc) is 3.08. The van der Waals surface area contributed by atoms with Crippen LogP contribution in [0.25, 0.3) is 16.8 Å². The van der Waals surface area contributed by atoms with Crippen molar-refractivity contribution in [3.8, 4) is 11.1 Å². The van der Waals surface area contributed by atoms with Crippen molar-refractivity contribution < 1.29 is 9.53 Å². The maximum atomic E-state index is 12.0. The number of anilines is 1. The molecule has 0 saturated heterocycles. The first-order chi connectivity index (χ1) is 13.2. The predicted molar refractivity (Wildman–Crippen MR) is 103 cm³/mol. The number of aryl methyl sites for hydroxylation is 1. The Kier molecular flexibility index (Phi) is 4.53. The zero-order valence-corrected chi connectivity index (χ0v) is 14.8. The van der Waals surface area contributed by atoms with E-state index in [1.165, 1.54) is 0 Å². The fourth-order valence-electron chi connectivity index (χ4n) is 2.81. The van der Waals surface area contributed by atoms with E-state index in [1.54, 1.807) is 12.4 Å². The summed E-state index contributed by atoms with van der Waals surface area (Å²) in [5.74, 6) is 0.441. The molecular weight excluding hydrogens is 340 g/mol. The summed E-state index contributed by atoms with van der Waals surface area (Å²) in [5.41, 5.74) is 4.75. The summed E-state index contributed by atoms with van der Waals surface area (Å²) in [6.45, 7) is 2.17. The molecule has 1 N–H and O–H groups in total. The van der Waals surface area contributed by atoms with Gasteiger partial charge >= 0.3 is 6.09 Å². The molecule has 4 aromatic rings. The fraction of sp³-hybridized carbons (Fsp3) is 0.0952. The highest BCUT2D eigenvalue weighted by molar-refractivity contribution is 5.83. The lowest BCUT2D eigenvalue weighted by Crippen LogP contribution is -2.13. The minimum Gasteiger partial charge on any atom is -0.444 e. The predicted octanol–water partition coefficient (Wildman–Crippen LogP) is 4.45. The van der Waals surface area contributed by atoms with Gasteiger partial charge in [-0.1, -0.05) is 30.3 Å². The molecule has 0 aliphatic rings. The Morgan fingerprint density at radius 3 is 2.74 bits per heavy atom. The highest BCUT2D eigenvalue weighted by Gasteiger charge is 2.08. The molecule has 0 radical (unpaired) electrons. The maximum absolute atomic E-state index is 12.0. The standard InChI is InChI=1S/C21H18N4O2/c1-15-11-17(9-10-22-15)18-7-8-20-23-19(13-25(20)12-18)24-21(26)27-14-16-5-3-2-4-6-16/h2-13H,14H2,1H3,(H,24,26). The number of fused-ring (bicyclic) bond motifs is 1. The number of ether oxygens (including phenoxy) is 1. The van der Waals surface area contributed by atoms with E-state index < -0.39 is 6.09 Å². The highest BCUT2D eigenvalue weighted by Crippen LogP contribution is 2.21. The van der Waals surface area contributed by atoms with Gasteiger partial charge in [0.25, 0.3) is 0 Å². The van der Waals surface area contributed by atoms with Gasteiger partial charge in [0.2, 0.25) is 0 Å². The second-order valence-corrected chi connectivity index (χ2v) is 6.18. The van der Waals surface area contributed by atoms with Gasteiger partial charge in [0.15, 0.2) is 5.82 Å². The van der Waals surface area contributed by atoms with Crippen molar-refractivity contribution >= 4 is 17.6 Å². The van der Waals surface area contributed by atoms with Crippen LogP contribution in [0.4, 0.5) is 10.6 Å². The maximum Gasteiger partial charge on any atom is 0.413 e. The van der Waals surface area contributed by atoms with E-state index in [4.69, 9.17) is 4.74 Å². The Bertz CT molecular complexity index is 1090. The number of benzene rings is 1. The summed E-state index contributed by atoms with van der Waals surface area (Å²) >= 11 is 0. The van der Waals surface area contributed by atoms with Crippen LogP contribution in [0.15, 0.2) is 73.2 Å². The van der Waals surface area contributed by atoms with E-state index in [0.29, 0.717) is 5.82 Å². The molecule has 3 aromatic heterocycles. The van der Waals surface area contributed by atoms with Gasteiger partial charge in [0.05, 0.1) is 6.20 Å². The molecule has 1 aromatic carbocycles. The first kappa shape index (κ1) is 16.8. The van der Waals surface area contributed by atoms with Crippen LogP contribution in [0.5, 0.6) is 0 Å². The molecule has 27 heavy (non-hydrogen) atoms. The molecule has 0 atom stereocenters. The number of aromatic nitrogens is 3. The first-order valence-corrected chi connectivity index (χ1v) is 8.57. The minimum absolute atomic E-state index is 0.214. The smallest absolute Gasteiger partial charge is 0.413 e. The number of nitrogens with zero attached hydrogens (tertiary/aromatic N) is 3. The Morgan fingerprint density at radius 1 is 1.07 bits per heavy atom. The quantitative estimate of drug-likeness (QED) is 0.585. The third kappa shape index (κ3) is 3.95. The second-order valence-electron chi connectivity index (χ2n) is 6.18. The van der Waals surface area contributed by atoms with Gasteiger partial charge in [-0.25, -0.2) is 9.78 Å². The summed E-state index contributed by atoms with van der Waals surface area (Å²) in [5, 5.41) is 2.67. The lowest BCUT2D eigenvalue weighted by molar-refractivity contribution is 0.155. The van der Waals surface area contributed by atoms with E-state index in [1.807, 2.05) is 72.1 Å². The number of amides is 1. The molecule has 0 aliphatic heterocycles. The van der Waals surface area contributed by atoms with Gasteiger partial charge in [-0.3, -0.25) is 10.3 Å². The second kappa shape index (κ2) is 7.29. The summed E-state index contributed by atoms with van der Waals surface area (Å²) in [4.78, 5) is 20.6. The normalized spacial score (nSPS) is 10.7. The van der Waals surface area contributed by atoms with Crippen LogP contribution in [-0.4, -0.2) is 20.5 Å². The Morgan fingerprint density at radius 2 is 1.93 bits per heavy atom. The lowest BCUT2D eigenvalue weighted by Gasteiger charge is -2.04. The van der Waals surface area contributed by atoms with Crippen LogP contribution in [0.2, 0.25) is 0 Å². The number of rotatable bonds is 4. The van der Waals surface area contributed by atoms with Crippen LogP contribution in [0.1, 0.15) is 11.3 Å². The van der Waals surface area contributed by atoms with Crippen LogP contribution in [0, 0.1) is 6.92 Å². The summed E-state index contributed by atoms with van der Waals surface area (Å²) in [6, 6.07) is 17.4. The molecule has 134 valence electrons. The Labute approximate surface area is 156 Å². The molecule has 0 bridgehead atoms. The third-order valence-electron chi connectivity index (χ3n) is 4.12. The molecule has 0 aliphatic carbocycles. The molecule has 6 nitrogen and oxygen atoms in total. The molecule has 0 saturated carbocycles. The van der Waals surface area contributed by atoms with E-state index in [-0.39, 0.29) is 6.61 Å². The number of hydrogen-bond donors (Lipinski definition) is 1. The highest BCUT2D eigenvalue weighted by atomic mass is 16.5. The summed E-state index contributed by atoms with van der Waals surface area (Å²) in [7, 11) is 0. The Hall–Kier alpha value is -3.67. The fourth-order valence-corrected chi connectivity index (χ4v) is 2.81. The number of hydrogen-bond acceptors (Lipinski definition) is 4. The molecule has 1 amide bonds. The molecule has 3 heterocycles. The van der Waals surface area contributed by atoms with Crippen molar-refractivity contribution in [1.29, 1.82) is 0 Å². The molecule has 0 fully saturated rings. The monoisotopic (exact) mass is 358 g/mol. The van der Waals surface area contributed by atoms with Gasteiger partial charge in [0, 0.05) is 18.1 Å². The van der Waals surface area contributed by atoms with Crippen LogP contribution >= 0.6 is 0 Å². The van der Waals surface area contributed by atoms with E-state index in [0.717, 1.165) is 28.0 Å². The van der Waals surface area contributed by atoms with Crippen molar-refractivity contribution in [2.24, 2.45) is 0 Å². The van der Waals surface area contributed by atoms with Crippen molar-refractivity contribution in [2.45, 2.75) is 13.5 Å². The van der Waals surface area contributed by atoms with Gasteiger partial charge in [-0.2, -0.15) is 0 Å². The minimum atomic E-state index is -0.535. The van der Waals surface area contributed by atoms with Crippen LogP contribution < -0.4 is 5.32 Å². The van der Waals surface area contributed by atoms with Crippen molar-refractivity contribution in [2.75, 3.05) is 5.32 Å². The number of carbonyl (C=O) groups is 1.